The summed E-state index contributed by atoms with van der Waals surface area (Å²) in [6, 6.07) is 82.8. The van der Waals surface area contributed by atoms with Crippen molar-refractivity contribution in [1.82, 2.24) is 4.57 Å². The minimum absolute atomic E-state index is 0.858. The van der Waals surface area contributed by atoms with Crippen LogP contribution in [0.4, 0.5) is 17.1 Å². The summed E-state index contributed by atoms with van der Waals surface area (Å²) >= 11 is 0. The highest BCUT2D eigenvalue weighted by Crippen LogP contribution is 2.47. The average Bonchev–Trinajstić information content (AvgIpc) is 4.06. The van der Waals surface area contributed by atoms with Crippen molar-refractivity contribution in [2.24, 2.45) is 0 Å². The van der Waals surface area contributed by atoms with Crippen LogP contribution in [0, 0.1) is 0 Å². The fourth-order valence-corrected chi connectivity index (χ4v) is 10.6. The van der Waals surface area contributed by atoms with Crippen molar-refractivity contribution in [1.29, 1.82) is 0 Å². The Balaban J connectivity index is 1.01. The first-order valence-corrected chi connectivity index (χ1v) is 22.5. The van der Waals surface area contributed by atoms with Crippen LogP contribution in [0.5, 0.6) is 0 Å². The van der Waals surface area contributed by atoms with E-state index in [0.29, 0.717) is 0 Å². The van der Waals surface area contributed by atoms with Crippen LogP contribution >= 0.6 is 0 Å². The van der Waals surface area contributed by atoms with Gasteiger partial charge >= 0.3 is 0 Å². The second-order valence-corrected chi connectivity index (χ2v) is 17.2. The van der Waals surface area contributed by atoms with E-state index in [2.05, 4.69) is 222 Å². The van der Waals surface area contributed by atoms with Gasteiger partial charge in [0, 0.05) is 65.9 Å². The van der Waals surface area contributed by atoms with Gasteiger partial charge in [-0.05, 0) is 94.0 Å². The molecule has 0 amide bonds. The Hall–Kier alpha value is -8.86. The largest absolute Gasteiger partial charge is 0.455 e. The predicted octanol–water partition coefficient (Wildman–Crippen LogP) is 17.7. The maximum absolute atomic E-state index is 6.83. The Kier molecular flexibility index (Phi) is 7.95. The first-order valence-electron chi connectivity index (χ1n) is 22.5. The minimum atomic E-state index is 0.858. The number of rotatable bonds is 6. The van der Waals surface area contributed by atoms with E-state index < -0.39 is 0 Å². The molecule has 0 fully saturated rings. The molecule has 0 bridgehead atoms. The molecular weight excluding hydrogens is 805 g/mol. The lowest BCUT2D eigenvalue weighted by molar-refractivity contribution is 0.669. The summed E-state index contributed by atoms with van der Waals surface area (Å²) in [5.74, 6) is 0. The zero-order chi connectivity index (χ0) is 43.3. The van der Waals surface area contributed by atoms with Gasteiger partial charge in [0.25, 0.3) is 0 Å². The van der Waals surface area contributed by atoms with Crippen LogP contribution in [-0.4, -0.2) is 4.57 Å². The van der Waals surface area contributed by atoms with Gasteiger partial charge < -0.3 is 18.3 Å². The van der Waals surface area contributed by atoms with Gasteiger partial charge in [-0.15, -0.1) is 0 Å². The normalized spacial score (nSPS) is 11.9. The van der Waals surface area contributed by atoms with Crippen LogP contribution in [0.2, 0.25) is 0 Å². The smallest absolute Gasteiger partial charge is 0.143 e. The van der Waals surface area contributed by atoms with Crippen molar-refractivity contribution < 1.29 is 8.83 Å². The van der Waals surface area contributed by atoms with E-state index in [1.54, 1.807) is 0 Å². The highest BCUT2D eigenvalue weighted by molar-refractivity contribution is 6.16. The summed E-state index contributed by atoms with van der Waals surface area (Å²) in [6.07, 6.45) is 0. The molecule has 0 spiro atoms. The molecule has 14 aromatic rings. The molecule has 308 valence electrons. The summed E-state index contributed by atoms with van der Waals surface area (Å²) in [6.45, 7) is 0. The number of benzene rings is 11. The molecule has 0 unspecified atom stereocenters. The van der Waals surface area contributed by atoms with Gasteiger partial charge in [0.15, 0.2) is 0 Å². The van der Waals surface area contributed by atoms with Crippen molar-refractivity contribution in [3.8, 4) is 27.9 Å². The van der Waals surface area contributed by atoms with E-state index in [9.17, 15) is 0 Å². The molecule has 66 heavy (non-hydrogen) atoms. The molecule has 0 aliphatic heterocycles. The van der Waals surface area contributed by atoms with Crippen LogP contribution in [0.1, 0.15) is 0 Å². The average molecular weight is 843 g/mol. The standard InChI is InChI=1S/C62H38N2O2/c1-2-17-45-39(14-1)32-35-50-47(45)23-13-27-56(50)63(43-16-11-15-41(36-43)46-22-12-24-53-51-20-5-9-28-59(51)65-61(46)53)44-37-54(62-55(38-44)52-21-6-10-29-60(52)66-62)40-30-33-42(34-31-40)64-57-25-7-3-18-48(57)49-19-4-8-26-58(49)64/h1-38H. The van der Waals surface area contributed by atoms with E-state index in [-0.39, 0.29) is 0 Å². The number of furan rings is 2. The van der Waals surface area contributed by atoms with Crippen molar-refractivity contribution in [3.63, 3.8) is 0 Å². The van der Waals surface area contributed by atoms with Crippen LogP contribution in [-0.2, 0) is 0 Å². The summed E-state index contributed by atoms with van der Waals surface area (Å²) < 4.78 is 15.8. The summed E-state index contributed by atoms with van der Waals surface area (Å²) in [4.78, 5) is 2.43. The number of hydrogen-bond acceptors (Lipinski definition) is 3. The fourth-order valence-electron chi connectivity index (χ4n) is 10.6. The third-order valence-corrected chi connectivity index (χ3v) is 13.6. The first kappa shape index (κ1) is 36.6. The number of fused-ring (bicyclic) bond motifs is 12. The summed E-state index contributed by atoms with van der Waals surface area (Å²) in [5, 5.41) is 11.7. The third kappa shape index (κ3) is 5.52. The fraction of sp³-hybridized carbons (Fsp3) is 0. The minimum Gasteiger partial charge on any atom is -0.455 e. The summed E-state index contributed by atoms with van der Waals surface area (Å²) in [5.41, 5.74) is 14.3. The van der Waals surface area contributed by atoms with E-state index in [0.717, 1.165) is 94.3 Å². The maximum atomic E-state index is 6.83. The molecule has 0 N–H and O–H groups in total. The highest BCUT2D eigenvalue weighted by Gasteiger charge is 2.23. The van der Waals surface area contributed by atoms with Crippen molar-refractivity contribution >= 4 is 104 Å². The molecule has 0 saturated heterocycles. The molecule has 0 radical (unpaired) electrons. The number of aromatic nitrogens is 1. The molecule has 4 heteroatoms. The molecule has 3 aromatic heterocycles. The van der Waals surface area contributed by atoms with E-state index >= 15 is 0 Å². The van der Waals surface area contributed by atoms with Crippen LogP contribution < -0.4 is 4.90 Å². The molecule has 0 aliphatic rings. The van der Waals surface area contributed by atoms with Crippen molar-refractivity contribution in [2.45, 2.75) is 0 Å². The molecule has 11 aromatic carbocycles. The Bertz CT molecular complexity index is 4190. The SMILES string of the molecule is c1cc(-c2cccc3c2oc2ccccc23)cc(N(c2cc(-c3ccc(-n4c5ccccc5c5ccccc54)cc3)c3oc4ccccc4c3c2)c2cccc3c2ccc2ccccc23)c1. The van der Waals surface area contributed by atoms with Crippen LogP contribution in [0.15, 0.2) is 239 Å². The lowest BCUT2D eigenvalue weighted by atomic mass is 9.97. The second-order valence-electron chi connectivity index (χ2n) is 17.2. The molecule has 0 atom stereocenters. The molecule has 0 saturated carbocycles. The van der Waals surface area contributed by atoms with E-state index in [1.165, 1.54) is 38.0 Å². The van der Waals surface area contributed by atoms with Gasteiger partial charge in [0.05, 0.1) is 16.7 Å². The molecule has 0 aliphatic carbocycles. The Morgan fingerprint density at radius 2 is 0.909 bits per heavy atom. The monoisotopic (exact) mass is 842 g/mol. The Morgan fingerprint density at radius 3 is 1.67 bits per heavy atom. The highest BCUT2D eigenvalue weighted by atomic mass is 16.3. The topological polar surface area (TPSA) is 34.5 Å². The van der Waals surface area contributed by atoms with Crippen molar-refractivity contribution in [3.05, 3.63) is 231 Å². The van der Waals surface area contributed by atoms with Gasteiger partial charge in [-0.25, -0.2) is 0 Å². The number of nitrogens with zero attached hydrogens (tertiary/aromatic N) is 2. The van der Waals surface area contributed by atoms with Gasteiger partial charge in [-0.1, -0.05) is 164 Å². The van der Waals surface area contributed by atoms with E-state index in [4.69, 9.17) is 8.83 Å². The molecule has 3 heterocycles. The van der Waals surface area contributed by atoms with E-state index in [1.807, 2.05) is 18.2 Å². The first-order chi connectivity index (χ1) is 32.7. The lowest BCUT2D eigenvalue weighted by Crippen LogP contribution is -2.11. The quantitative estimate of drug-likeness (QED) is 0.156. The van der Waals surface area contributed by atoms with Crippen LogP contribution in [0.3, 0.4) is 0 Å². The second kappa shape index (κ2) is 14.3. The maximum Gasteiger partial charge on any atom is 0.143 e. The van der Waals surface area contributed by atoms with Gasteiger partial charge in [0.2, 0.25) is 0 Å². The molecular formula is C62H38N2O2. The van der Waals surface area contributed by atoms with Gasteiger partial charge in [-0.2, -0.15) is 0 Å². The molecule has 4 nitrogen and oxygen atoms in total. The number of anilines is 3. The Morgan fingerprint density at radius 1 is 0.318 bits per heavy atom. The summed E-state index contributed by atoms with van der Waals surface area (Å²) in [7, 11) is 0. The van der Waals surface area contributed by atoms with Gasteiger partial charge in [-0.3, -0.25) is 0 Å². The number of hydrogen-bond donors (Lipinski definition) is 0. The Labute approximate surface area is 379 Å². The lowest BCUT2D eigenvalue weighted by Gasteiger charge is -2.28. The predicted molar refractivity (Wildman–Crippen MR) is 276 cm³/mol. The van der Waals surface area contributed by atoms with Gasteiger partial charge in [0.1, 0.15) is 22.3 Å². The zero-order valence-corrected chi connectivity index (χ0v) is 35.7. The third-order valence-electron chi connectivity index (χ3n) is 13.6. The van der Waals surface area contributed by atoms with Crippen molar-refractivity contribution in [2.75, 3.05) is 4.90 Å². The molecule has 14 rings (SSSR count). The zero-order valence-electron chi connectivity index (χ0n) is 35.7. The van der Waals surface area contributed by atoms with Crippen LogP contribution in [0.25, 0.3) is 115 Å². The number of para-hydroxylation sites is 5.